The summed E-state index contributed by atoms with van der Waals surface area (Å²) in [6, 6.07) is 12.4. The van der Waals surface area contributed by atoms with Gasteiger partial charge in [-0.05, 0) is 78.0 Å². The molecule has 0 amide bonds. The van der Waals surface area contributed by atoms with E-state index in [1.54, 1.807) is 12.2 Å². The number of benzene rings is 2. The summed E-state index contributed by atoms with van der Waals surface area (Å²) in [5.74, 6) is 1.80. The van der Waals surface area contributed by atoms with E-state index in [1.165, 1.54) is 17.3 Å². The lowest BCUT2D eigenvalue weighted by atomic mass is 9.93. The van der Waals surface area contributed by atoms with E-state index < -0.39 is 18.7 Å². The summed E-state index contributed by atoms with van der Waals surface area (Å²) < 4.78 is 44.9. The van der Waals surface area contributed by atoms with Crippen LogP contribution in [0.5, 0.6) is 5.75 Å². The molecule has 0 fully saturated rings. The lowest BCUT2D eigenvalue weighted by Gasteiger charge is -2.23. The van der Waals surface area contributed by atoms with Crippen molar-refractivity contribution in [1.29, 1.82) is 0 Å². The number of allylic oxidation sites excluding steroid dienone is 2. The molecule has 1 unspecified atom stereocenters. The molecule has 0 saturated heterocycles. The first-order valence-corrected chi connectivity index (χ1v) is 11.9. The van der Waals surface area contributed by atoms with Gasteiger partial charge in [0.25, 0.3) is 0 Å². The highest BCUT2D eigenvalue weighted by molar-refractivity contribution is 8.03. The van der Waals surface area contributed by atoms with Crippen LogP contribution in [0.15, 0.2) is 60.0 Å². The molecule has 0 spiro atoms. The van der Waals surface area contributed by atoms with Crippen molar-refractivity contribution in [1.82, 2.24) is 0 Å². The van der Waals surface area contributed by atoms with Crippen LogP contribution in [0.25, 0.3) is 11.1 Å². The van der Waals surface area contributed by atoms with Gasteiger partial charge in [0.15, 0.2) is 0 Å². The lowest BCUT2D eigenvalue weighted by molar-refractivity contribution is -0.138. The minimum atomic E-state index is -4.23. The largest absolute Gasteiger partial charge is 0.485 e. The van der Waals surface area contributed by atoms with Gasteiger partial charge < -0.3 is 4.74 Å². The third kappa shape index (κ3) is 7.47. The van der Waals surface area contributed by atoms with Crippen LogP contribution in [0.4, 0.5) is 13.2 Å². The van der Waals surface area contributed by atoms with Crippen LogP contribution in [0.3, 0.4) is 0 Å². The molecule has 5 heteroatoms. The quantitative estimate of drug-likeness (QED) is 0.326. The van der Waals surface area contributed by atoms with Crippen molar-refractivity contribution in [2.75, 3.05) is 5.75 Å². The summed E-state index contributed by atoms with van der Waals surface area (Å²) in [5, 5.41) is 0. The predicted molar refractivity (Wildman–Crippen MR) is 132 cm³/mol. The minimum absolute atomic E-state index is 0.132. The second kappa shape index (κ2) is 11.6. The van der Waals surface area contributed by atoms with Gasteiger partial charge in [-0.2, -0.15) is 13.2 Å². The third-order valence-electron chi connectivity index (χ3n) is 5.25. The number of aryl methyl sites for hydroxylation is 2. The van der Waals surface area contributed by atoms with Gasteiger partial charge in [0.05, 0.1) is 0 Å². The Balaban J connectivity index is 2.35. The van der Waals surface area contributed by atoms with Crippen LogP contribution in [0, 0.1) is 13.8 Å². The molecule has 0 radical (unpaired) electrons. The van der Waals surface area contributed by atoms with E-state index >= 15 is 0 Å². The van der Waals surface area contributed by atoms with Gasteiger partial charge in [0.1, 0.15) is 11.9 Å². The highest BCUT2D eigenvalue weighted by Crippen LogP contribution is 2.35. The Bertz CT molecular complexity index is 904. The summed E-state index contributed by atoms with van der Waals surface area (Å²) in [6.07, 6.45) is -2.58. The van der Waals surface area contributed by atoms with Crippen molar-refractivity contribution in [3.05, 3.63) is 76.7 Å². The normalized spacial score (nSPS) is 13.3. The summed E-state index contributed by atoms with van der Waals surface area (Å²) >= 11 is 1.49. The van der Waals surface area contributed by atoms with Crippen LogP contribution in [-0.4, -0.2) is 18.0 Å². The Morgan fingerprint density at radius 2 is 1.69 bits per heavy atom. The topological polar surface area (TPSA) is 9.23 Å². The van der Waals surface area contributed by atoms with Crippen LogP contribution in [-0.2, 0) is 0 Å². The number of hydrogen-bond donors (Lipinski definition) is 0. The van der Waals surface area contributed by atoms with E-state index in [0.717, 1.165) is 32.9 Å². The molecule has 2 aromatic rings. The average Bonchev–Trinajstić information content (AvgIpc) is 2.70. The summed E-state index contributed by atoms with van der Waals surface area (Å²) in [5.41, 5.74) is 5.60. The number of hydrogen-bond acceptors (Lipinski definition) is 2. The molecule has 0 aromatic heterocycles. The molecule has 174 valence electrons. The van der Waals surface area contributed by atoms with Gasteiger partial charge in [-0.1, -0.05) is 57.7 Å². The third-order valence-corrected chi connectivity index (χ3v) is 6.27. The van der Waals surface area contributed by atoms with E-state index in [4.69, 9.17) is 4.74 Å². The second-order valence-electron chi connectivity index (χ2n) is 8.21. The zero-order chi connectivity index (χ0) is 23.9. The van der Waals surface area contributed by atoms with Crippen molar-refractivity contribution in [3.63, 3.8) is 0 Å². The molecule has 0 aliphatic rings. The van der Waals surface area contributed by atoms with Crippen LogP contribution in [0.1, 0.15) is 56.2 Å². The van der Waals surface area contributed by atoms with Gasteiger partial charge in [0, 0.05) is 11.3 Å². The molecule has 0 saturated carbocycles. The SMILES string of the molecule is C=C/C=C(\SCC)C(CCC(F)(F)F)Oc1cc(C)c(-c2ccc(C(C)C)cc2)c(C)c1. The van der Waals surface area contributed by atoms with Gasteiger partial charge in [-0.15, -0.1) is 11.8 Å². The zero-order valence-electron chi connectivity index (χ0n) is 19.6. The van der Waals surface area contributed by atoms with Crippen molar-refractivity contribution in [2.24, 2.45) is 0 Å². The molecular weight excluding hydrogens is 429 g/mol. The average molecular weight is 463 g/mol. The number of alkyl halides is 3. The Kier molecular flexibility index (Phi) is 9.50. The van der Waals surface area contributed by atoms with Crippen LogP contribution < -0.4 is 4.74 Å². The number of rotatable bonds is 10. The van der Waals surface area contributed by atoms with Gasteiger partial charge in [0.2, 0.25) is 0 Å². The monoisotopic (exact) mass is 462 g/mol. The summed E-state index contributed by atoms with van der Waals surface area (Å²) in [7, 11) is 0. The maximum atomic E-state index is 12.9. The predicted octanol–water partition coefficient (Wildman–Crippen LogP) is 9.01. The van der Waals surface area contributed by atoms with Crippen molar-refractivity contribution in [2.45, 2.75) is 65.7 Å². The Labute approximate surface area is 194 Å². The molecular formula is C27H33F3OS. The first-order valence-electron chi connectivity index (χ1n) is 11.0. The fourth-order valence-electron chi connectivity index (χ4n) is 3.73. The molecule has 0 aliphatic heterocycles. The summed E-state index contributed by atoms with van der Waals surface area (Å²) in [6.45, 7) is 14.0. The van der Waals surface area contributed by atoms with Crippen LogP contribution >= 0.6 is 11.8 Å². The van der Waals surface area contributed by atoms with E-state index in [1.807, 2.05) is 32.9 Å². The highest BCUT2D eigenvalue weighted by Gasteiger charge is 2.30. The maximum Gasteiger partial charge on any atom is 0.389 e. The highest BCUT2D eigenvalue weighted by atomic mass is 32.2. The molecule has 2 aromatic carbocycles. The fourth-order valence-corrected chi connectivity index (χ4v) is 4.61. The van der Waals surface area contributed by atoms with E-state index in [2.05, 4.69) is 44.7 Å². The minimum Gasteiger partial charge on any atom is -0.485 e. The zero-order valence-corrected chi connectivity index (χ0v) is 20.4. The molecule has 0 aliphatic carbocycles. The second-order valence-corrected chi connectivity index (χ2v) is 9.54. The maximum absolute atomic E-state index is 12.9. The van der Waals surface area contributed by atoms with Crippen molar-refractivity contribution < 1.29 is 17.9 Å². The van der Waals surface area contributed by atoms with Gasteiger partial charge in [-0.25, -0.2) is 0 Å². The van der Waals surface area contributed by atoms with Gasteiger partial charge >= 0.3 is 6.18 Å². The Morgan fingerprint density at radius 1 is 1.09 bits per heavy atom. The fraction of sp³-hybridized carbons (Fsp3) is 0.407. The molecule has 32 heavy (non-hydrogen) atoms. The summed E-state index contributed by atoms with van der Waals surface area (Å²) in [4.78, 5) is 0.760. The number of ether oxygens (including phenoxy) is 1. The van der Waals surface area contributed by atoms with Crippen molar-refractivity contribution in [3.8, 4) is 16.9 Å². The Hall–Kier alpha value is -2.14. The molecule has 0 bridgehead atoms. The first kappa shape index (κ1) is 26.1. The first-order chi connectivity index (χ1) is 15.1. The van der Waals surface area contributed by atoms with E-state index in [0.29, 0.717) is 11.7 Å². The van der Waals surface area contributed by atoms with E-state index in [-0.39, 0.29) is 6.42 Å². The molecule has 2 rings (SSSR count). The molecule has 0 heterocycles. The number of thioether (sulfide) groups is 1. The smallest absolute Gasteiger partial charge is 0.389 e. The lowest BCUT2D eigenvalue weighted by Crippen LogP contribution is -2.22. The number of halogens is 3. The van der Waals surface area contributed by atoms with E-state index in [9.17, 15) is 13.2 Å². The standard InChI is InChI=1S/C27H33F3OS/c1-7-9-25(32-8-2)24(14-15-27(28,29)30)31-23-16-19(5)26(20(6)17-23)22-12-10-21(11-13-22)18(3)4/h7,9-13,16-18,24H,1,8,14-15H2,2-6H3/b25-9-. The molecule has 1 nitrogen and oxygen atoms in total. The molecule has 1 atom stereocenters. The molecule has 0 N–H and O–H groups in total. The van der Waals surface area contributed by atoms with Crippen molar-refractivity contribution >= 4 is 11.8 Å². The Morgan fingerprint density at radius 3 is 2.16 bits per heavy atom. The van der Waals surface area contributed by atoms with Crippen LogP contribution in [0.2, 0.25) is 0 Å². The van der Waals surface area contributed by atoms with Gasteiger partial charge in [-0.3, -0.25) is 0 Å².